The van der Waals surface area contributed by atoms with Gasteiger partial charge in [-0.15, -0.1) is 0 Å². The van der Waals surface area contributed by atoms with E-state index in [-0.39, 0.29) is 17.0 Å². The maximum absolute atomic E-state index is 13.0. The van der Waals surface area contributed by atoms with Crippen molar-refractivity contribution in [3.05, 3.63) is 31.9 Å². The number of nitrogens with zero attached hydrogens (tertiary/aromatic N) is 4. The molecule has 30 heavy (non-hydrogen) atoms. The lowest BCUT2D eigenvalue weighted by Crippen LogP contribution is -2.34. The number of anilines is 1. The standard InChI is InChI=1S/C22H28N4O2S2/c1-14(2)13-26-21(28)18(30-22(26)29)11-16-15(3)17(12-23)20(27)24(4)19(16)25-9-7-5-6-8-10-25/h11,14H,5-10,13H2,1-4H3/b18-11-. The Morgan fingerprint density at radius 2 is 1.83 bits per heavy atom. The summed E-state index contributed by atoms with van der Waals surface area (Å²) in [6, 6.07) is 2.06. The minimum Gasteiger partial charge on any atom is -0.357 e. The molecule has 160 valence electrons. The third-order valence-electron chi connectivity index (χ3n) is 5.57. The molecule has 6 nitrogen and oxygen atoms in total. The van der Waals surface area contributed by atoms with E-state index in [2.05, 4.69) is 24.8 Å². The summed E-state index contributed by atoms with van der Waals surface area (Å²) in [6.45, 7) is 8.19. The predicted molar refractivity (Wildman–Crippen MR) is 127 cm³/mol. The van der Waals surface area contributed by atoms with Crippen molar-refractivity contribution in [1.82, 2.24) is 9.47 Å². The molecule has 1 aromatic rings. The lowest BCUT2D eigenvalue weighted by Gasteiger charge is -2.28. The summed E-state index contributed by atoms with van der Waals surface area (Å²) in [6.07, 6.45) is 6.29. The zero-order chi connectivity index (χ0) is 22.0. The molecule has 1 aromatic heterocycles. The minimum absolute atomic E-state index is 0.104. The zero-order valence-electron chi connectivity index (χ0n) is 18.0. The predicted octanol–water partition coefficient (Wildman–Crippen LogP) is 3.80. The lowest BCUT2D eigenvalue weighted by molar-refractivity contribution is -0.122. The van der Waals surface area contributed by atoms with E-state index in [9.17, 15) is 14.9 Å². The Morgan fingerprint density at radius 1 is 1.20 bits per heavy atom. The molecule has 1 amide bonds. The summed E-state index contributed by atoms with van der Waals surface area (Å²) < 4.78 is 2.12. The molecule has 0 radical (unpaired) electrons. The van der Waals surface area contributed by atoms with Crippen LogP contribution in [0.1, 0.15) is 56.2 Å². The topological polar surface area (TPSA) is 69.3 Å². The van der Waals surface area contributed by atoms with Gasteiger partial charge >= 0.3 is 0 Å². The third-order valence-corrected chi connectivity index (χ3v) is 6.95. The third kappa shape index (κ3) is 4.33. The first-order chi connectivity index (χ1) is 14.3. The van der Waals surface area contributed by atoms with Crippen LogP contribution in [0.4, 0.5) is 5.82 Å². The average molecular weight is 445 g/mol. The van der Waals surface area contributed by atoms with Gasteiger partial charge in [0.25, 0.3) is 11.5 Å². The SMILES string of the molecule is Cc1c(/C=C2\SC(=S)N(CC(C)C)C2=O)c(N2CCCCCC2)n(C)c(=O)c1C#N. The van der Waals surface area contributed by atoms with Crippen LogP contribution < -0.4 is 10.5 Å². The molecule has 2 aliphatic heterocycles. The van der Waals surface area contributed by atoms with E-state index in [4.69, 9.17) is 12.2 Å². The normalized spacial score (nSPS) is 19.0. The first kappa shape index (κ1) is 22.6. The fourth-order valence-corrected chi connectivity index (χ4v) is 5.29. The lowest BCUT2D eigenvalue weighted by atomic mass is 10.0. The van der Waals surface area contributed by atoms with Crippen LogP contribution in [-0.2, 0) is 11.8 Å². The second kappa shape index (κ2) is 9.36. The van der Waals surface area contributed by atoms with Gasteiger partial charge < -0.3 is 4.90 Å². The van der Waals surface area contributed by atoms with Crippen LogP contribution >= 0.6 is 24.0 Å². The van der Waals surface area contributed by atoms with Gasteiger partial charge in [0.15, 0.2) is 0 Å². The Kier molecular flexibility index (Phi) is 7.04. The van der Waals surface area contributed by atoms with Gasteiger partial charge in [-0.05, 0) is 37.3 Å². The van der Waals surface area contributed by atoms with Gasteiger partial charge in [0.2, 0.25) is 0 Å². The smallest absolute Gasteiger partial charge is 0.270 e. The molecule has 3 rings (SSSR count). The fraction of sp³-hybridized carbons (Fsp3) is 0.545. The van der Waals surface area contributed by atoms with Crippen molar-refractivity contribution >= 4 is 46.1 Å². The molecule has 0 spiro atoms. The molecule has 2 saturated heterocycles. The first-order valence-electron chi connectivity index (χ1n) is 10.4. The van der Waals surface area contributed by atoms with E-state index < -0.39 is 0 Å². The van der Waals surface area contributed by atoms with E-state index >= 15 is 0 Å². The van der Waals surface area contributed by atoms with E-state index in [1.54, 1.807) is 23.4 Å². The molecule has 0 bridgehead atoms. The van der Waals surface area contributed by atoms with Gasteiger partial charge in [-0.25, -0.2) is 0 Å². The number of rotatable bonds is 4. The van der Waals surface area contributed by atoms with E-state index in [0.29, 0.717) is 27.3 Å². The van der Waals surface area contributed by atoms with Crippen LogP contribution in [0.15, 0.2) is 9.70 Å². The molecule has 0 aliphatic carbocycles. The number of amides is 1. The molecule has 3 heterocycles. The second-order valence-electron chi connectivity index (χ2n) is 8.30. The Morgan fingerprint density at radius 3 is 2.40 bits per heavy atom. The molecule has 0 aromatic carbocycles. The quantitative estimate of drug-likeness (QED) is 0.520. The van der Waals surface area contributed by atoms with Gasteiger partial charge in [-0.2, -0.15) is 5.26 Å². The highest BCUT2D eigenvalue weighted by molar-refractivity contribution is 8.26. The minimum atomic E-state index is -0.293. The second-order valence-corrected chi connectivity index (χ2v) is 9.98. The van der Waals surface area contributed by atoms with Crippen molar-refractivity contribution in [2.75, 3.05) is 24.5 Å². The molecule has 0 atom stereocenters. The highest BCUT2D eigenvalue weighted by atomic mass is 32.2. The van der Waals surface area contributed by atoms with Crippen LogP contribution in [0.3, 0.4) is 0 Å². The molecule has 2 fully saturated rings. The van der Waals surface area contributed by atoms with E-state index in [0.717, 1.165) is 37.3 Å². The zero-order valence-corrected chi connectivity index (χ0v) is 19.7. The molecular formula is C22H28N4O2S2. The summed E-state index contributed by atoms with van der Waals surface area (Å²) in [4.78, 5) is 30.3. The Labute approximate surface area is 187 Å². The van der Waals surface area contributed by atoms with E-state index in [1.807, 2.05) is 6.08 Å². The molecule has 0 unspecified atom stereocenters. The number of hydrogen-bond acceptors (Lipinski definition) is 6. The summed E-state index contributed by atoms with van der Waals surface area (Å²) in [5, 5.41) is 9.59. The van der Waals surface area contributed by atoms with Crippen molar-refractivity contribution in [1.29, 1.82) is 5.26 Å². The van der Waals surface area contributed by atoms with Crippen molar-refractivity contribution < 1.29 is 4.79 Å². The molecular weight excluding hydrogens is 416 g/mol. The number of carbonyl (C=O) groups excluding carboxylic acids is 1. The number of pyridine rings is 1. The van der Waals surface area contributed by atoms with Crippen LogP contribution in [0.2, 0.25) is 0 Å². The maximum atomic E-state index is 13.0. The molecule has 0 N–H and O–H groups in total. The summed E-state index contributed by atoms with van der Waals surface area (Å²) in [5.74, 6) is 0.990. The van der Waals surface area contributed by atoms with Gasteiger partial charge in [-0.3, -0.25) is 19.1 Å². The first-order valence-corrected chi connectivity index (χ1v) is 11.6. The highest BCUT2D eigenvalue weighted by Crippen LogP contribution is 2.36. The Hall–Kier alpha value is -2.11. The van der Waals surface area contributed by atoms with Crippen molar-refractivity contribution in [3.8, 4) is 6.07 Å². The molecule has 2 aliphatic rings. The Bertz CT molecular complexity index is 996. The van der Waals surface area contributed by atoms with Crippen molar-refractivity contribution in [2.45, 2.75) is 46.5 Å². The van der Waals surface area contributed by atoms with Gasteiger partial charge in [0.1, 0.15) is 21.8 Å². The van der Waals surface area contributed by atoms with E-state index in [1.165, 1.54) is 24.6 Å². The number of thioether (sulfide) groups is 1. The summed E-state index contributed by atoms with van der Waals surface area (Å²) >= 11 is 6.73. The van der Waals surface area contributed by atoms with Gasteiger partial charge in [0, 0.05) is 32.2 Å². The molecule has 8 heteroatoms. The number of thiocarbonyl (C=S) groups is 1. The highest BCUT2D eigenvalue weighted by Gasteiger charge is 2.33. The van der Waals surface area contributed by atoms with Gasteiger partial charge in [0.05, 0.1) is 4.91 Å². The average Bonchev–Trinajstić information content (AvgIpc) is 2.88. The van der Waals surface area contributed by atoms with Gasteiger partial charge in [-0.1, -0.05) is 50.7 Å². The summed E-state index contributed by atoms with van der Waals surface area (Å²) in [7, 11) is 1.71. The number of carbonyl (C=O) groups is 1. The number of hydrogen-bond donors (Lipinski definition) is 0. The van der Waals surface area contributed by atoms with Crippen LogP contribution in [0.25, 0.3) is 6.08 Å². The van der Waals surface area contributed by atoms with Crippen molar-refractivity contribution in [3.63, 3.8) is 0 Å². The monoisotopic (exact) mass is 444 g/mol. The summed E-state index contributed by atoms with van der Waals surface area (Å²) in [5.41, 5.74) is 1.22. The van der Waals surface area contributed by atoms with Crippen molar-refractivity contribution in [2.24, 2.45) is 13.0 Å². The number of aromatic nitrogens is 1. The molecule has 0 saturated carbocycles. The largest absolute Gasteiger partial charge is 0.357 e. The van der Waals surface area contributed by atoms with Crippen LogP contribution in [0.5, 0.6) is 0 Å². The van der Waals surface area contributed by atoms with Crippen LogP contribution in [0, 0.1) is 24.2 Å². The number of nitriles is 1. The maximum Gasteiger partial charge on any atom is 0.270 e. The fourth-order valence-electron chi connectivity index (χ4n) is 4.03. The Balaban J connectivity index is 2.16. The van der Waals surface area contributed by atoms with Crippen LogP contribution in [-0.4, -0.2) is 39.3 Å².